The van der Waals surface area contributed by atoms with Crippen LogP contribution in [0.3, 0.4) is 0 Å². The summed E-state index contributed by atoms with van der Waals surface area (Å²) in [5.41, 5.74) is 1.21. The molecule has 0 amide bonds. The Morgan fingerprint density at radius 3 is 1.17 bits per heavy atom. The number of rotatable bonds is 5. The number of alkyl halides is 1. The molecule has 0 aliphatic rings. The first-order chi connectivity index (χ1) is 14.3. The molecule has 0 fully saturated rings. The van der Waals surface area contributed by atoms with Gasteiger partial charge in [-0.3, -0.25) is 0 Å². The minimum Gasteiger partial charge on any atom is -0.118 e. The molecule has 0 saturated carbocycles. The molecule has 0 heterocycles. The van der Waals surface area contributed by atoms with E-state index in [1.54, 1.807) is 0 Å². The molecule has 0 aliphatic carbocycles. The molecule has 0 spiro atoms. The van der Waals surface area contributed by atoms with E-state index in [9.17, 15) is 0 Å². The molecule has 4 aromatic carbocycles. The molecule has 146 valence electrons. The average molecular weight is 417 g/mol. The molecular weight excluding hydrogens is 391 g/mol. The van der Waals surface area contributed by atoms with E-state index in [0.29, 0.717) is 0 Å². The lowest BCUT2D eigenvalue weighted by Gasteiger charge is -2.18. The van der Waals surface area contributed by atoms with Crippen molar-refractivity contribution in [1.82, 2.24) is 0 Å². The molecule has 1 atom stereocenters. The summed E-state index contributed by atoms with van der Waals surface area (Å²) in [5.74, 6) is 0. The molecule has 0 radical (unpaired) electrons. The van der Waals surface area contributed by atoms with Gasteiger partial charge in [0.25, 0.3) is 0 Å². The molecule has 0 nitrogen and oxygen atoms in total. The van der Waals surface area contributed by atoms with Crippen LogP contribution in [0.15, 0.2) is 121 Å². The van der Waals surface area contributed by atoms with E-state index in [-0.39, 0.29) is 5.38 Å². The van der Waals surface area contributed by atoms with Crippen LogP contribution in [0.25, 0.3) is 0 Å². The van der Waals surface area contributed by atoms with Gasteiger partial charge in [-0.15, -0.1) is 11.6 Å². The van der Waals surface area contributed by atoms with Crippen LogP contribution in [0, 0.1) is 0 Å². The second-order valence-corrected chi connectivity index (χ2v) is 9.38. The van der Waals surface area contributed by atoms with Crippen LogP contribution in [-0.2, 0) is 0 Å². The van der Waals surface area contributed by atoms with E-state index in [1.165, 1.54) is 21.5 Å². The van der Waals surface area contributed by atoms with Crippen molar-refractivity contribution in [2.45, 2.75) is 18.7 Å². The Bertz CT molecular complexity index is 847. The Kier molecular flexibility index (Phi) is 8.50. The topological polar surface area (TPSA) is 0 Å². The second kappa shape index (κ2) is 11.6. The maximum Gasteiger partial charge on any atom is 0.0582 e. The molecule has 0 saturated heterocycles. The van der Waals surface area contributed by atoms with Crippen molar-refractivity contribution in [3.05, 3.63) is 127 Å². The molecule has 1 unspecified atom stereocenters. The molecule has 0 bridgehead atoms. The van der Waals surface area contributed by atoms with Crippen molar-refractivity contribution in [3.63, 3.8) is 0 Å². The van der Waals surface area contributed by atoms with Gasteiger partial charge in [-0.25, -0.2) is 0 Å². The summed E-state index contributed by atoms with van der Waals surface area (Å²) < 4.78 is 0. The molecule has 4 rings (SSSR count). The summed E-state index contributed by atoms with van der Waals surface area (Å²) >= 11 is 5.99. The van der Waals surface area contributed by atoms with E-state index in [1.807, 2.05) is 18.2 Å². The van der Waals surface area contributed by atoms with Crippen molar-refractivity contribution in [3.8, 4) is 0 Å². The second-order valence-electron chi connectivity index (χ2n) is 6.63. The van der Waals surface area contributed by atoms with E-state index < -0.39 is 7.92 Å². The Balaban J connectivity index is 0.000000204. The van der Waals surface area contributed by atoms with Gasteiger partial charge < -0.3 is 0 Å². The number of halogens is 1. The Hall–Kier alpha value is -2.40. The minimum absolute atomic E-state index is 0.182. The highest BCUT2D eigenvalue weighted by Crippen LogP contribution is 2.32. The van der Waals surface area contributed by atoms with Gasteiger partial charge in [-0.2, -0.15) is 0 Å². The van der Waals surface area contributed by atoms with Crippen molar-refractivity contribution in [1.29, 1.82) is 0 Å². The molecule has 4 aromatic rings. The van der Waals surface area contributed by atoms with Crippen LogP contribution < -0.4 is 15.9 Å². The lowest BCUT2D eigenvalue weighted by molar-refractivity contribution is 0.884. The average Bonchev–Trinajstić information content (AvgIpc) is 2.82. The van der Waals surface area contributed by atoms with Gasteiger partial charge in [0.05, 0.1) is 5.38 Å². The van der Waals surface area contributed by atoms with Gasteiger partial charge in [0.1, 0.15) is 0 Å². The minimum atomic E-state index is -0.446. The fourth-order valence-corrected chi connectivity index (χ4v) is 5.53. The van der Waals surface area contributed by atoms with Crippen molar-refractivity contribution < 1.29 is 0 Å². The van der Waals surface area contributed by atoms with Crippen LogP contribution >= 0.6 is 19.5 Å². The van der Waals surface area contributed by atoms with Crippen molar-refractivity contribution >= 4 is 35.4 Å². The lowest BCUT2D eigenvalue weighted by Crippen LogP contribution is -2.20. The highest BCUT2D eigenvalue weighted by atomic mass is 35.5. The standard InChI is InChI=1S/C18H15P.C9H11Cl/c1-4-10-16(11-5-1)19(17-12-6-2-7-13-17)18-14-8-3-9-15-18;1-2-9(10)8-6-4-3-5-7-8/h1-15H;3-7,9H,2H2,1H3. The molecule has 0 aromatic heterocycles. The summed E-state index contributed by atoms with van der Waals surface area (Å²) in [6, 6.07) is 42.5. The first-order valence-electron chi connectivity index (χ1n) is 9.94. The van der Waals surface area contributed by atoms with Gasteiger partial charge in [0, 0.05) is 0 Å². The first kappa shape index (κ1) is 21.3. The number of benzene rings is 4. The van der Waals surface area contributed by atoms with Crippen molar-refractivity contribution in [2.24, 2.45) is 0 Å². The molecule has 2 heteroatoms. The maximum absolute atomic E-state index is 5.99. The highest BCUT2D eigenvalue weighted by Gasteiger charge is 2.14. The van der Waals surface area contributed by atoms with E-state index in [4.69, 9.17) is 11.6 Å². The molecular formula is C27H26ClP. The summed E-state index contributed by atoms with van der Waals surface area (Å²) in [7, 11) is -0.446. The van der Waals surface area contributed by atoms with E-state index in [0.717, 1.165) is 6.42 Å². The third-order valence-electron chi connectivity index (χ3n) is 4.56. The predicted octanol–water partition coefficient (Wildman–Crippen LogP) is 6.82. The molecule has 0 aliphatic heterocycles. The zero-order chi connectivity index (χ0) is 20.3. The van der Waals surface area contributed by atoms with Crippen LogP contribution in [0.5, 0.6) is 0 Å². The lowest BCUT2D eigenvalue weighted by atomic mass is 10.1. The third-order valence-corrected chi connectivity index (χ3v) is 7.57. The fourth-order valence-electron chi connectivity index (χ4n) is 3.08. The van der Waals surface area contributed by atoms with E-state index >= 15 is 0 Å². The fraction of sp³-hybridized carbons (Fsp3) is 0.111. The number of hydrogen-bond donors (Lipinski definition) is 0. The Labute approximate surface area is 181 Å². The summed E-state index contributed by atoms with van der Waals surface area (Å²) in [5, 5.41) is 4.38. The molecule has 0 N–H and O–H groups in total. The zero-order valence-corrected chi connectivity index (χ0v) is 18.3. The van der Waals surface area contributed by atoms with Crippen LogP contribution in [0.4, 0.5) is 0 Å². The quantitative estimate of drug-likeness (QED) is 0.247. The Morgan fingerprint density at radius 2 is 0.862 bits per heavy atom. The monoisotopic (exact) mass is 416 g/mol. The van der Waals surface area contributed by atoms with Gasteiger partial charge in [-0.05, 0) is 35.8 Å². The first-order valence-corrected chi connectivity index (χ1v) is 11.7. The smallest absolute Gasteiger partial charge is 0.0582 e. The van der Waals surface area contributed by atoms with Crippen LogP contribution in [0.2, 0.25) is 0 Å². The summed E-state index contributed by atoms with van der Waals surface area (Å²) in [4.78, 5) is 0. The summed E-state index contributed by atoms with van der Waals surface area (Å²) in [6.45, 7) is 2.09. The molecule has 29 heavy (non-hydrogen) atoms. The normalized spacial score (nSPS) is 11.4. The SMILES string of the molecule is CCC(Cl)c1ccccc1.c1ccc(P(c2ccccc2)c2ccccc2)cc1. The zero-order valence-electron chi connectivity index (χ0n) is 16.7. The maximum atomic E-state index is 5.99. The number of hydrogen-bond acceptors (Lipinski definition) is 0. The van der Waals surface area contributed by atoms with Gasteiger partial charge >= 0.3 is 0 Å². The van der Waals surface area contributed by atoms with Gasteiger partial charge in [0.15, 0.2) is 0 Å². The van der Waals surface area contributed by atoms with Crippen LogP contribution in [0.1, 0.15) is 24.3 Å². The third kappa shape index (κ3) is 6.29. The van der Waals surface area contributed by atoms with Gasteiger partial charge in [-0.1, -0.05) is 128 Å². The predicted molar refractivity (Wildman–Crippen MR) is 130 cm³/mol. The largest absolute Gasteiger partial charge is 0.118 e. The van der Waals surface area contributed by atoms with E-state index in [2.05, 4.69) is 110 Å². The highest BCUT2D eigenvalue weighted by molar-refractivity contribution is 7.79. The Morgan fingerprint density at radius 1 is 0.552 bits per heavy atom. The van der Waals surface area contributed by atoms with Crippen LogP contribution in [-0.4, -0.2) is 0 Å². The summed E-state index contributed by atoms with van der Waals surface area (Å²) in [6.07, 6.45) is 0.992. The van der Waals surface area contributed by atoms with Gasteiger partial charge in [0.2, 0.25) is 0 Å². The van der Waals surface area contributed by atoms with Crippen molar-refractivity contribution in [2.75, 3.05) is 0 Å².